The maximum Gasteiger partial charge on any atom is 0.263 e. The zero-order valence-corrected chi connectivity index (χ0v) is 16.7. The van der Waals surface area contributed by atoms with Crippen molar-refractivity contribution in [2.45, 2.75) is 38.6 Å². The Morgan fingerprint density at radius 2 is 1.93 bits per heavy atom. The molecule has 1 aromatic carbocycles. The minimum atomic E-state index is -0.0193. The van der Waals surface area contributed by atoms with Crippen molar-refractivity contribution >= 4 is 34.8 Å². The molecule has 2 aromatic rings. The first-order chi connectivity index (χ1) is 13.1. The van der Waals surface area contributed by atoms with Gasteiger partial charge in [-0.25, -0.2) is 0 Å². The van der Waals surface area contributed by atoms with E-state index >= 15 is 0 Å². The minimum Gasteiger partial charge on any atom is -0.352 e. The van der Waals surface area contributed by atoms with Crippen molar-refractivity contribution in [1.29, 1.82) is 0 Å². The number of thiophene rings is 1. The molecule has 1 fully saturated rings. The van der Waals surface area contributed by atoms with Crippen molar-refractivity contribution in [3.63, 3.8) is 0 Å². The summed E-state index contributed by atoms with van der Waals surface area (Å²) in [6.45, 7) is 2.26. The van der Waals surface area contributed by atoms with Crippen LogP contribution >= 0.6 is 22.9 Å². The molecule has 4 nitrogen and oxygen atoms in total. The van der Waals surface area contributed by atoms with Crippen molar-refractivity contribution in [3.8, 4) is 0 Å². The van der Waals surface area contributed by atoms with Crippen molar-refractivity contribution in [1.82, 2.24) is 10.2 Å². The molecule has 142 valence electrons. The fraction of sp³-hybridized carbons (Fsp3) is 0.429. The van der Waals surface area contributed by atoms with Gasteiger partial charge in [0.05, 0.1) is 4.88 Å². The van der Waals surface area contributed by atoms with Crippen LogP contribution in [0.25, 0.3) is 0 Å². The number of rotatable bonds is 4. The van der Waals surface area contributed by atoms with E-state index in [4.69, 9.17) is 11.6 Å². The highest BCUT2D eigenvalue weighted by Gasteiger charge is 2.29. The van der Waals surface area contributed by atoms with Gasteiger partial charge in [0.25, 0.3) is 5.91 Å². The summed E-state index contributed by atoms with van der Waals surface area (Å²) < 4.78 is 0. The number of likely N-dealkylation sites (tertiary alicyclic amines) is 1. The van der Waals surface area contributed by atoms with Crippen molar-refractivity contribution in [3.05, 3.63) is 56.2 Å². The van der Waals surface area contributed by atoms with Gasteiger partial charge in [-0.05, 0) is 61.4 Å². The summed E-state index contributed by atoms with van der Waals surface area (Å²) in [5.74, 6) is 0.235. The maximum absolute atomic E-state index is 12.6. The third-order valence-corrected chi connectivity index (χ3v) is 6.91. The number of nitrogens with one attached hydrogen (secondary N) is 1. The number of nitrogens with zero attached hydrogens (tertiary/aromatic N) is 1. The molecule has 1 N–H and O–H groups in total. The summed E-state index contributed by atoms with van der Waals surface area (Å²) in [6.07, 6.45) is 4.66. The fourth-order valence-corrected chi connectivity index (χ4v) is 5.17. The van der Waals surface area contributed by atoms with Gasteiger partial charge in [0, 0.05) is 35.5 Å². The highest BCUT2D eigenvalue weighted by Crippen LogP contribution is 2.33. The average molecular weight is 403 g/mol. The van der Waals surface area contributed by atoms with Gasteiger partial charge in [0.15, 0.2) is 0 Å². The minimum absolute atomic E-state index is 0.0193. The number of carbonyl (C=O) groups excluding carboxylic acids is 2. The quantitative estimate of drug-likeness (QED) is 0.838. The summed E-state index contributed by atoms with van der Waals surface area (Å²) in [5, 5.41) is 3.74. The van der Waals surface area contributed by atoms with Crippen molar-refractivity contribution in [2.24, 2.45) is 5.92 Å². The van der Waals surface area contributed by atoms with E-state index in [-0.39, 0.29) is 17.7 Å². The Kier molecular flexibility index (Phi) is 5.50. The fourth-order valence-electron chi connectivity index (χ4n) is 3.86. The second kappa shape index (κ2) is 8.03. The largest absolute Gasteiger partial charge is 0.352 e. The molecule has 1 aromatic heterocycles. The van der Waals surface area contributed by atoms with Crippen LogP contribution in [-0.2, 0) is 24.2 Å². The van der Waals surface area contributed by atoms with E-state index in [9.17, 15) is 9.59 Å². The number of hydrogen-bond acceptors (Lipinski definition) is 3. The monoisotopic (exact) mass is 402 g/mol. The van der Waals surface area contributed by atoms with Gasteiger partial charge in [-0.3, -0.25) is 9.59 Å². The molecule has 0 radical (unpaired) electrons. The Labute approximate surface area is 168 Å². The summed E-state index contributed by atoms with van der Waals surface area (Å²) in [5.41, 5.74) is 2.22. The molecule has 0 spiro atoms. The van der Waals surface area contributed by atoms with Crippen LogP contribution in [0, 0.1) is 5.92 Å². The van der Waals surface area contributed by atoms with Crippen LogP contribution in [0.1, 0.15) is 44.9 Å². The Morgan fingerprint density at radius 1 is 1.19 bits per heavy atom. The second-order valence-corrected chi connectivity index (χ2v) is 8.92. The molecule has 0 saturated carbocycles. The van der Waals surface area contributed by atoms with Crippen LogP contribution in [0.15, 0.2) is 30.3 Å². The number of fused-ring (bicyclic) bond motifs is 1. The number of amides is 2. The highest BCUT2D eigenvalue weighted by molar-refractivity contribution is 7.14. The van der Waals surface area contributed by atoms with Crippen LogP contribution in [0.5, 0.6) is 0 Å². The third kappa shape index (κ3) is 4.19. The molecule has 6 heteroatoms. The van der Waals surface area contributed by atoms with Crippen LogP contribution in [0.3, 0.4) is 0 Å². The molecule has 2 heterocycles. The first-order valence-electron chi connectivity index (χ1n) is 9.53. The van der Waals surface area contributed by atoms with E-state index in [1.807, 2.05) is 35.2 Å². The van der Waals surface area contributed by atoms with Gasteiger partial charge >= 0.3 is 0 Å². The Bertz CT molecular complexity index is 840. The van der Waals surface area contributed by atoms with Gasteiger partial charge in [-0.15, -0.1) is 11.3 Å². The number of hydrogen-bond donors (Lipinski definition) is 1. The average Bonchev–Trinajstić information content (AvgIpc) is 3.36. The van der Waals surface area contributed by atoms with Crippen molar-refractivity contribution < 1.29 is 9.59 Å². The second-order valence-electron chi connectivity index (χ2n) is 7.34. The Morgan fingerprint density at radius 3 is 2.67 bits per heavy atom. The Balaban J connectivity index is 1.36. The molecule has 1 unspecified atom stereocenters. The van der Waals surface area contributed by atoms with E-state index < -0.39 is 0 Å². The molecule has 1 aliphatic heterocycles. The van der Waals surface area contributed by atoms with E-state index in [2.05, 4.69) is 5.32 Å². The summed E-state index contributed by atoms with van der Waals surface area (Å²) in [7, 11) is 0. The molecular formula is C21H23ClN2O2S. The molecular weight excluding hydrogens is 380 g/mol. The molecule has 1 atom stereocenters. The normalized spacial score (nSPS) is 19.0. The standard InChI is InChI=1S/C21H23ClN2O2S/c22-17-6-3-14(4-7-17)13-23-20(25)15-5-8-18-16(11-15)12-19(27-18)21(26)24-9-1-2-10-24/h3-4,6-7,12,15H,1-2,5,8-11,13H2,(H,23,25). The van der Waals surface area contributed by atoms with Crippen LogP contribution in [-0.4, -0.2) is 29.8 Å². The maximum atomic E-state index is 12.6. The van der Waals surface area contributed by atoms with Crippen molar-refractivity contribution in [2.75, 3.05) is 13.1 Å². The molecule has 1 saturated heterocycles. The molecule has 1 aliphatic carbocycles. The van der Waals surface area contributed by atoms with Crippen LogP contribution < -0.4 is 5.32 Å². The number of carbonyl (C=O) groups is 2. The smallest absolute Gasteiger partial charge is 0.263 e. The SMILES string of the molecule is O=C(NCc1ccc(Cl)cc1)C1CCc2sc(C(=O)N3CCCC3)cc2C1. The third-order valence-electron chi connectivity index (χ3n) is 5.44. The number of halogens is 1. The predicted octanol–water partition coefficient (Wildman–Crippen LogP) is 4.06. The number of benzene rings is 1. The lowest BCUT2D eigenvalue weighted by Crippen LogP contribution is -2.33. The van der Waals surface area contributed by atoms with Crippen LogP contribution in [0.2, 0.25) is 5.02 Å². The molecule has 2 amide bonds. The lowest BCUT2D eigenvalue weighted by molar-refractivity contribution is -0.125. The van der Waals surface area contributed by atoms with Gasteiger partial charge in [-0.1, -0.05) is 23.7 Å². The van der Waals surface area contributed by atoms with E-state index in [0.717, 1.165) is 55.6 Å². The zero-order chi connectivity index (χ0) is 18.8. The summed E-state index contributed by atoms with van der Waals surface area (Å²) in [6, 6.07) is 9.55. The van der Waals surface area contributed by atoms with E-state index in [1.165, 1.54) is 10.4 Å². The topological polar surface area (TPSA) is 49.4 Å². The van der Waals surface area contributed by atoms with E-state index in [1.54, 1.807) is 11.3 Å². The number of aryl methyl sites for hydroxylation is 1. The summed E-state index contributed by atoms with van der Waals surface area (Å²) in [4.78, 5) is 29.3. The zero-order valence-electron chi connectivity index (χ0n) is 15.2. The van der Waals surface area contributed by atoms with Gasteiger partial charge < -0.3 is 10.2 Å². The molecule has 0 bridgehead atoms. The predicted molar refractivity (Wildman–Crippen MR) is 108 cm³/mol. The van der Waals surface area contributed by atoms with Gasteiger partial charge in [-0.2, -0.15) is 0 Å². The lowest BCUT2D eigenvalue weighted by Gasteiger charge is -2.21. The Hall–Kier alpha value is -1.85. The molecule has 4 rings (SSSR count). The van der Waals surface area contributed by atoms with Crippen LogP contribution in [0.4, 0.5) is 0 Å². The summed E-state index contributed by atoms with van der Waals surface area (Å²) >= 11 is 7.52. The first-order valence-corrected chi connectivity index (χ1v) is 10.7. The van der Waals surface area contributed by atoms with Gasteiger partial charge in [0.2, 0.25) is 5.91 Å². The highest BCUT2D eigenvalue weighted by atomic mass is 35.5. The first kappa shape index (κ1) is 18.5. The van der Waals surface area contributed by atoms with E-state index in [0.29, 0.717) is 11.6 Å². The van der Waals surface area contributed by atoms with Gasteiger partial charge in [0.1, 0.15) is 0 Å². The molecule has 2 aliphatic rings. The lowest BCUT2D eigenvalue weighted by atomic mass is 9.87. The molecule has 27 heavy (non-hydrogen) atoms.